The van der Waals surface area contributed by atoms with E-state index in [4.69, 9.17) is 10.8 Å². The molecule has 2 atom stereocenters. The van der Waals surface area contributed by atoms with Crippen molar-refractivity contribution in [3.63, 3.8) is 0 Å². The summed E-state index contributed by atoms with van der Waals surface area (Å²) in [5, 5.41) is 11.4. The average molecular weight is 264 g/mol. The highest BCUT2D eigenvalue weighted by atomic mass is 16.4. The maximum atomic E-state index is 11.9. The van der Waals surface area contributed by atoms with Gasteiger partial charge in [-0.05, 0) is 18.4 Å². The number of carbonyl (C=O) groups excluding carboxylic acids is 1. The van der Waals surface area contributed by atoms with Crippen LogP contribution < -0.4 is 11.1 Å². The second-order valence-corrected chi connectivity index (χ2v) is 4.51. The predicted octanol–water partition coefficient (Wildman–Crippen LogP) is 0.926. The van der Waals surface area contributed by atoms with Gasteiger partial charge in [0.2, 0.25) is 5.91 Å². The summed E-state index contributed by atoms with van der Waals surface area (Å²) in [5.41, 5.74) is 6.81. The smallest absolute Gasteiger partial charge is 0.305 e. The first-order valence-electron chi connectivity index (χ1n) is 6.34. The molecule has 5 heteroatoms. The average Bonchev–Trinajstić information content (AvgIpc) is 2.38. The molecule has 0 aliphatic carbocycles. The predicted molar refractivity (Wildman–Crippen MR) is 72.6 cm³/mol. The lowest BCUT2D eigenvalue weighted by Crippen LogP contribution is -2.46. The number of nitrogens with one attached hydrogen (secondary N) is 1. The van der Waals surface area contributed by atoms with Crippen molar-refractivity contribution < 1.29 is 14.7 Å². The van der Waals surface area contributed by atoms with Crippen LogP contribution in [0.15, 0.2) is 30.3 Å². The fourth-order valence-corrected chi connectivity index (χ4v) is 1.78. The Labute approximate surface area is 112 Å². The first-order chi connectivity index (χ1) is 9.02. The molecule has 1 amide bonds. The minimum atomic E-state index is -0.927. The summed E-state index contributed by atoms with van der Waals surface area (Å²) >= 11 is 0. The van der Waals surface area contributed by atoms with Crippen molar-refractivity contribution in [3.8, 4) is 0 Å². The van der Waals surface area contributed by atoms with Gasteiger partial charge in [-0.25, -0.2) is 0 Å². The summed E-state index contributed by atoms with van der Waals surface area (Å²) in [4.78, 5) is 22.5. The van der Waals surface area contributed by atoms with E-state index in [1.807, 2.05) is 37.3 Å². The molecule has 5 nitrogen and oxygen atoms in total. The van der Waals surface area contributed by atoms with Crippen LogP contribution in [0, 0.1) is 0 Å². The lowest BCUT2D eigenvalue weighted by Gasteiger charge is -2.18. The van der Waals surface area contributed by atoms with E-state index in [0.717, 1.165) is 5.56 Å². The summed E-state index contributed by atoms with van der Waals surface area (Å²) in [7, 11) is 0. The van der Waals surface area contributed by atoms with Crippen LogP contribution in [-0.4, -0.2) is 29.1 Å². The molecule has 0 aliphatic rings. The molecule has 104 valence electrons. The van der Waals surface area contributed by atoms with Crippen LogP contribution in [0.1, 0.15) is 25.3 Å². The molecule has 1 unspecified atom stereocenters. The van der Waals surface area contributed by atoms with Crippen LogP contribution in [-0.2, 0) is 16.0 Å². The Bertz CT molecular complexity index is 420. The van der Waals surface area contributed by atoms with Crippen molar-refractivity contribution in [2.45, 2.75) is 38.3 Å². The third-order valence-corrected chi connectivity index (χ3v) is 2.90. The molecular formula is C14H20N2O3. The molecule has 1 aromatic carbocycles. The van der Waals surface area contributed by atoms with Crippen LogP contribution in [0.4, 0.5) is 0 Å². The summed E-state index contributed by atoms with van der Waals surface area (Å²) in [6.45, 7) is 1.83. The molecular weight excluding hydrogens is 244 g/mol. The Morgan fingerprint density at radius 2 is 1.95 bits per heavy atom. The second-order valence-electron chi connectivity index (χ2n) is 4.51. The van der Waals surface area contributed by atoms with E-state index in [0.29, 0.717) is 12.8 Å². The van der Waals surface area contributed by atoms with Gasteiger partial charge in [-0.1, -0.05) is 37.3 Å². The summed E-state index contributed by atoms with van der Waals surface area (Å²) < 4.78 is 0. The second kappa shape index (κ2) is 7.53. The van der Waals surface area contributed by atoms with E-state index in [1.165, 1.54) is 0 Å². The van der Waals surface area contributed by atoms with E-state index < -0.39 is 12.0 Å². The van der Waals surface area contributed by atoms with Crippen LogP contribution in [0.2, 0.25) is 0 Å². The number of rotatable bonds is 7. The van der Waals surface area contributed by atoms with Gasteiger partial charge in [-0.15, -0.1) is 0 Å². The number of nitrogens with two attached hydrogens (primary N) is 1. The standard InChI is InChI=1S/C14H20N2O3/c1-2-11(9-13(17)18)16-14(19)12(15)8-10-6-4-3-5-7-10/h3-7,11-12H,2,8-9,15H2,1H3,(H,16,19)(H,17,18)/t11?,12-/m0/s1. The molecule has 0 radical (unpaired) electrons. The molecule has 4 N–H and O–H groups in total. The number of hydrogen-bond acceptors (Lipinski definition) is 3. The summed E-state index contributed by atoms with van der Waals surface area (Å²) in [6, 6.07) is 8.45. The highest BCUT2D eigenvalue weighted by molar-refractivity contribution is 5.82. The van der Waals surface area contributed by atoms with Gasteiger partial charge in [0.1, 0.15) is 0 Å². The highest BCUT2D eigenvalue weighted by Crippen LogP contribution is 2.03. The number of carbonyl (C=O) groups is 2. The van der Waals surface area contributed by atoms with Crippen LogP contribution in [0.5, 0.6) is 0 Å². The molecule has 0 bridgehead atoms. The van der Waals surface area contributed by atoms with Crippen molar-refractivity contribution in [3.05, 3.63) is 35.9 Å². The third-order valence-electron chi connectivity index (χ3n) is 2.90. The van der Waals surface area contributed by atoms with Crippen LogP contribution in [0.3, 0.4) is 0 Å². The molecule has 1 rings (SSSR count). The van der Waals surface area contributed by atoms with Gasteiger partial charge in [-0.2, -0.15) is 0 Å². The normalized spacial score (nSPS) is 13.6. The fourth-order valence-electron chi connectivity index (χ4n) is 1.78. The molecule has 1 aromatic rings. The monoisotopic (exact) mass is 264 g/mol. The van der Waals surface area contributed by atoms with Gasteiger partial charge in [0, 0.05) is 6.04 Å². The number of amides is 1. The van der Waals surface area contributed by atoms with E-state index >= 15 is 0 Å². The molecule has 0 saturated carbocycles. The number of hydrogen-bond donors (Lipinski definition) is 3. The molecule has 0 spiro atoms. The maximum absolute atomic E-state index is 11.9. The minimum absolute atomic E-state index is 0.0830. The maximum Gasteiger partial charge on any atom is 0.305 e. The zero-order chi connectivity index (χ0) is 14.3. The molecule has 0 aliphatic heterocycles. The van der Waals surface area contributed by atoms with Gasteiger partial charge in [-0.3, -0.25) is 9.59 Å². The Balaban J connectivity index is 2.50. The van der Waals surface area contributed by atoms with E-state index in [1.54, 1.807) is 0 Å². The van der Waals surface area contributed by atoms with Crippen molar-refractivity contribution in [2.24, 2.45) is 5.73 Å². The lowest BCUT2D eigenvalue weighted by atomic mass is 10.0. The van der Waals surface area contributed by atoms with E-state index in [2.05, 4.69) is 5.32 Å². The number of benzene rings is 1. The molecule has 0 heterocycles. The molecule has 0 saturated heterocycles. The largest absolute Gasteiger partial charge is 0.481 e. The van der Waals surface area contributed by atoms with Crippen molar-refractivity contribution in [2.75, 3.05) is 0 Å². The summed E-state index contributed by atoms with van der Waals surface area (Å²) in [5.74, 6) is -1.24. The van der Waals surface area contributed by atoms with Gasteiger partial charge < -0.3 is 16.2 Å². The first-order valence-corrected chi connectivity index (χ1v) is 6.34. The summed E-state index contributed by atoms with van der Waals surface area (Å²) in [6.07, 6.45) is 0.923. The van der Waals surface area contributed by atoms with Gasteiger partial charge in [0.15, 0.2) is 0 Å². The molecule has 0 fully saturated rings. The number of carboxylic acid groups (broad SMARTS) is 1. The van der Waals surface area contributed by atoms with Crippen molar-refractivity contribution >= 4 is 11.9 Å². The van der Waals surface area contributed by atoms with Gasteiger partial charge in [0.05, 0.1) is 12.5 Å². The van der Waals surface area contributed by atoms with E-state index in [9.17, 15) is 9.59 Å². The Morgan fingerprint density at radius 3 is 2.47 bits per heavy atom. The fraction of sp³-hybridized carbons (Fsp3) is 0.429. The van der Waals surface area contributed by atoms with Gasteiger partial charge >= 0.3 is 5.97 Å². The Hall–Kier alpha value is -1.88. The lowest BCUT2D eigenvalue weighted by molar-refractivity contribution is -0.137. The number of aliphatic carboxylic acids is 1. The molecule has 19 heavy (non-hydrogen) atoms. The van der Waals surface area contributed by atoms with E-state index in [-0.39, 0.29) is 18.4 Å². The SMILES string of the molecule is CCC(CC(=O)O)NC(=O)[C@@H](N)Cc1ccccc1. The highest BCUT2D eigenvalue weighted by Gasteiger charge is 2.19. The number of carboxylic acids is 1. The zero-order valence-corrected chi connectivity index (χ0v) is 11.0. The topological polar surface area (TPSA) is 92.4 Å². The molecule has 0 aromatic heterocycles. The van der Waals surface area contributed by atoms with Gasteiger partial charge in [0.25, 0.3) is 0 Å². The third kappa shape index (κ3) is 5.52. The Morgan fingerprint density at radius 1 is 1.32 bits per heavy atom. The van der Waals surface area contributed by atoms with Crippen molar-refractivity contribution in [1.29, 1.82) is 0 Å². The minimum Gasteiger partial charge on any atom is -0.481 e. The zero-order valence-electron chi connectivity index (χ0n) is 11.0. The quantitative estimate of drug-likeness (QED) is 0.683. The van der Waals surface area contributed by atoms with Crippen molar-refractivity contribution in [1.82, 2.24) is 5.32 Å². The Kier molecular flexibility index (Phi) is 6.02. The van der Waals surface area contributed by atoms with Crippen LogP contribution in [0.25, 0.3) is 0 Å². The van der Waals surface area contributed by atoms with Crippen LogP contribution >= 0.6 is 0 Å². The first kappa shape index (κ1) is 15.2.